The Hall–Kier alpha value is -1.35. The Balaban J connectivity index is 2.92. The number of hydrogen-bond donors (Lipinski definition) is 1. The monoisotopic (exact) mass is 236 g/mol. The molecule has 3 nitrogen and oxygen atoms in total. The van der Waals surface area contributed by atoms with Crippen molar-refractivity contribution in [2.75, 3.05) is 0 Å². The van der Waals surface area contributed by atoms with Gasteiger partial charge in [-0.1, -0.05) is 18.2 Å². The molecule has 1 aromatic rings. The molecule has 0 bridgehead atoms. The second kappa shape index (κ2) is 4.49. The molecule has 0 heterocycles. The fraction of sp³-hybridized carbons (Fsp3) is 0.500. The van der Waals surface area contributed by atoms with Gasteiger partial charge in [0.15, 0.2) is 0 Å². The zero-order chi connectivity index (χ0) is 13.3. The zero-order valence-electron chi connectivity index (χ0n) is 11.1. The molecule has 1 N–H and O–H groups in total. The lowest BCUT2D eigenvalue weighted by Crippen LogP contribution is -2.48. The Morgan fingerprint density at radius 2 is 1.71 bits per heavy atom. The van der Waals surface area contributed by atoms with Gasteiger partial charge >= 0.3 is 5.97 Å². The van der Waals surface area contributed by atoms with Crippen LogP contribution in [0.1, 0.15) is 43.6 Å². The van der Waals surface area contributed by atoms with Gasteiger partial charge in [0.2, 0.25) is 0 Å². The summed E-state index contributed by atoms with van der Waals surface area (Å²) < 4.78 is 5.38. The number of aliphatic hydroxyl groups is 1. The molecular formula is C14H20O3. The van der Waals surface area contributed by atoms with E-state index in [1.165, 1.54) is 0 Å². The summed E-state index contributed by atoms with van der Waals surface area (Å²) in [5.41, 5.74) is -0.633. The Morgan fingerprint density at radius 3 is 2.18 bits per heavy atom. The Kier molecular flexibility index (Phi) is 3.62. The summed E-state index contributed by atoms with van der Waals surface area (Å²) in [6, 6.07) is 7.24. The highest BCUT2D eigenvalue weighted by Crippen LogP contribution is 2.26. The van der Waals surface area contributed by atoms with E-state index in [1.807, 2.05) is 19.1 Å². The van der Waals surface area contributed by atoms with E-state index in [2.05, 4.69) is 0 Å². The van der Waals surface area contributed by atoms with Crippen LogP contribution in [0.5, 0.6) is 0 Å². The fourth-order valence-electron chi connectivity index (χ4n) is 1.21. The van der Waals surface area contributed by atoms with Gasteiger partial charge in [0.1, 0.15) is 5.60 Å². The minimum absolute atomic E-state index is 0.407. The number of rotatable bonds is 3. The largest absolute Gasteiger partial charge is 0.453 e. The highest BCUT2D eigenvalue weighted by atomic mass is 16.6. The maximum atomic E-state index is 12.0. The lowest BCUT2D eigenvalue weighted by Gasteiger charge is -2.36. The highest BCUT2D eigenvalue weighted by molar-refractivity contribution is 5.91. The Labute approximate surface area is 102 Å². The van der Waals surface area contributed by atoms with Crippen molar-refractivity contribution in [3.8, 4) is 0 Å². The van der Waals surface area contributed by atoms with Gasteiger partial charge in [-0.15, -0.1) is 0 Å². The van der Waals surface area contributed by atoms with Gasteiger partial charge in [0.05, 0.1) is 11.2 Å². The molecule has 0 unspecified atom stereocenters. The minimum Gasteiger partial charge on any atom is -0.453 e. The normalized spacial score (nSPS) is 12.4. The third-order valence-electron chi connectivity index (χ3n) is 3.19. The maximum Gasteiger partial charge on any atom is 0.339 e. The van der Waals surface area contributed by atoms with Crippen molar-refractivity contribution in [3.63, 3.8) is 0 Å². The summed E-state index contributed by atoms with van der Waals surface area (Å²) in [6.45, 7) is 8.50. The molecule has 1 rings (SSSR count). The summed E-state index contributed by atoms with van der Waals surface area (Å²) in [5.74, 6) is -0.407. The average molecular weight is 236 g/mol. The molecule has 0 aliphatic carbocycles. The van der Waals surface area contributed by atoms with Crippen LogP contribution in [0.2, 0.25) is 0 Å². The van der Waals surface area contributed by atoms with Crippen molar-refractivity contribution in [3.05, 3.63) is 35.4 Å². The highest BCUT2D eigenvalue weighted by Gasteiger charge is 2.39. The van der Waals surface area contributed by atoms with Crippen LogP contribution < -0.4 is 0 Å². The van der Waals surface area contributed by atoms with Crippen LogP contribution in [0.4, 0.5) is 0 Å². The predicted octanol–water partition coefficient (Wildman–Crippen LogP) is 2.70. The third kappa shape index (κ3) is 3.07. The van der Waals surface area contributed by atoms with Crippen molar-refractivity contribution < 1.29 is 14.6 Å². The van der Waals surface area contributed by atoms with Crippen LogP contribution in [0, 0.1) is 6.92 Å². The number of aryl methyl sites for hydroxylation is 1. The first-order valence-electron chi connectivity index (χ1n) is 5.66. The van der Waals surface area contributed by atoms with Crippen molar-refractivity contribution in [2.24, 2.45) is 0 Å². The maximum absolute atomic E-state index is 12.0. The number of ether oxygens (including phenoxy) is 1. The standard InChI is InChI=1S/C14H20O3/c1-10-8-6-7-9-11(10)12(15)17-14(4,5)13(2,3)16/h6-9,16H,1-5H3. The number of carbonyl (C=O) groups is 1. The first-order chi connectivity index (χ1) is 7.65. The van der Waals surface area contributed by atoms with Gasteiger partial charge in [-0.3, -0.25) is 0 Å². The topological polar surface area (TPSA) is 46.5 Å². The molecule has 0 spiro atoms. The number of benzene rings is 1. The summed E-state index contributed by atoms with van der Waals surface area (Å²) in [7, 11) is 0. The van der Waals surface area contributed by atoms with Gasteiger partial charge in [-0.2, -0.15) is 0 Å². The number of esters is 1. The molecule has 0 atom stereocenters. The Morgan fingerprint density at radius 1 is 1.18 bits per heavy atom. The molecule has 94 valence electrons. The van der Waals surface area contributed by atoms with Crippen molar-refractivity contribution in [1.82, 2.24) is 0 Å². The van der Waals surface area contributed by atoms with Gasteiger partial charge in [-0.25, -0.2) is 4.79 Å². The van der Waals surface area contributed by atoms with E-state index in [-0.39, 0.29) is 0 Å². The van der Waals surface area contributed by atoms with Crippen LogP contribution in [0.3, 0.4) is 0 Å². The molecule has 0 saturated heterocycles. The first-order valence-corrected chi connectivity index (χ1v) is 5.66. The molecule has 0 aliphatic heterocycles. The molecule has 0 saturated carbocycles. The molecular weight excluding hydrogens is 216 g/mol. The van der Waals surface area contributed by atoms with E-state index in [9.17, 15) is 9.90 Å². The smallest absolute Gasteiger partial charge is 0.339 e. The van der Waals surface area contributed by atoms with E-state index in [1.54, 1.807) is 39.8 Å². The minimum atomic E-state index is -1.09. The summed E-state index contributed by atoms with van der Waals surface area (Å²) in [5, 5.41) is 9.93. The van der Waals surface area contributed by atoms with Crippen molar-refractivity contribution in [2.45, 2.75) is 45.8 Å². The van der Waals surface area contributed by atoms with Gasteiger partial charge in [-0.05, 0) is 46.2 Å². The molecule has 0 aromatic heterocycles. The average Bonchev–Trinajstić information content (AvgIpc) is 2.15. The van der Waals surface area contributed by atoms with Crippen LogP contribution in [0.25, 0.3) is 0 Å². The van der Waals surface area contributed by atoms with Gasteiger partial charge < -0.3 is 9.84 Å². The van der Waals surface area contributed by atoms with Crippen LogP contribution in [-0.4, -0.2) is 22.3 Å². The fourth-order valence-corrected chi connectivity index (χ4v) is 1.21. The molecule has 0 radical (unpaired) electrons. The SMILES string of the molecule is Cc1ccccc1C(=O)OC(C)(C)C(C)(C)O. The molecule has 1 aromatic carbocycles. The van der Waals surface area contributed by atoms with E-state index in [0.29, 0.717) is 5.56 Å². The van der Waals surface area contributed by atoms with Crippen LogP contribution >= 0.6 is 0 Å². The molecule has 0 aliphatic rings. The second-order valence-corrected chi connectivity index (χ2v) is 5.27. The van der Waals surface area contributed by atoms with Crippen LogP contribution in [0.15, 0.2) is 24.3 Å². The van der Waals surface area contributed by atoms with E-state index < -0.39 is 17.2 Å². The predicted molar refractivity (Wildman–Crippen MR) is 67.0 cm³/mol. The molecule has 3 heteroatoms. The van der Waals surface area contributed by atoms with E-state index in [0.717, 1.165) is 5.56 Å². The quantitative estimate of drug-likeness (QED) is 0.821. The number of carbonyl (C=O) groups excluding carboxylic acids is 1. The molecule has 17 heavy (non-hydrogen) atoms. The summed E-state index contributed by atoms with van der Waals surface area (Å²) in [6.07, 6.45) is 0. The lowest BCUT2D eigenvalue weighted by molar-refractivity contribution is -0.117. The first kappa shape index (κ1) is 13.7. The van der Waals surface area contributed by atoms with E-state index >= 15 is 0 Å². The molecule has 0 fully saturated rings. The van der Waals surface area contributed by atoms with Crippen molar-refractivity contribution in [1.29, 1.82) is 0 Å². The lowest BCUT2D eigenvalue weighted by atomic mass is 9.89. The third-order valence-corrected chi connectivity index (χ3v) is 3.19. The zero-order valence-corrected chi connectivity index (χ0v) is 11.1. The van der Waals surface area contributed by atoms with Gasteiger partial charge in [0, 0.05) is 0 Å². The van der Waals surface area contributed by atoms with Crippen molar-refractivity contribution >= 4 is 5.97 Å². The summed E-state index contributed by atoms with van der Waals surface area (Å²) >= 11 is 0. The Bertz CT molecular complexity index is 414. The van der Waals surface area contributed by atoms with Gasteiger partial charge in [0.25, 0.3) is 0 Å². The number of hydrogen-bond acceptors (Lipinski definition) is 3. The summed E-state index contributed by atoms with van der Waals surface area (Å²) in [4.78, 5) is 12.0. The van der Waals surface area contributed by atoms with E-state index in [4.69, 9.17) is 4.74 Å². The second-order valence-electron chi connectivity index (χ2n) is 5.27. The molecule has 0 amide bonds. The van der Waals surface area contributed by atoms with Crippen LogP contribution in [-0.2, 0) is 4.74 Å².